The molecule has 3 nitrogen and oxygen atoms in total. The Morgan fingerprint density at radius 2 is 1.93 bits per heavy atom. The summed E-state index contributed by atoms with van der Waals surface area (Å²) in [6.45, 7) is 3.73. The van der Waals surface area contributed by atoms with Gasteiger partial charge in [-0.3, -0.25) is 0 Å². The highest BCUT2D eigenvalue weighted by atomic mass is 16.5. The van der Waals surface area contributed by atoms with Crippen molar-refractivity contribution in [2.75, 3.05) is 7.11 Å². The lowest BCUT2D eigenvalue weighted by molar-refractivity contribution is -0.146. The zero-order valence-electron chi connectivity index (χ0n) is 9.41. The Labute approximate surface area is 90.2 Å². The number of esters is 1. The van der Waals surface area contributed by atoms with Crippen LogP contribution >= 0.6 is 0 Å². The minimum atomic E-state index is -1.07. The number of methoxy groups -OCH3 is 1. The Kier molecular flexibility index (Phi) is 3.48. The predicted octanol–water partition coefficient (Wildman–Crippen LogP) is 1.60. The molecule has 0 fully saturated rings. The summed E-state index contributed by atoms with van der Waals surface area (Å²) in [4.78, 5) is 11.4. The Balaban J connectivity index is 3.00. The second-order valence-corrected chi connectivity index (χ2v) is 3.74. The quantitative estimate of drug-likeness (QED) is 0.766. The van der Waals surface area contributed by atoms with Gasteiger partial charge in [-0.2, -0.15) is 0 Å². The van der Waals surface area contributed by atoms with Crippen molar-refractivity contribution in [3.8, 4) is 0 Å². The number of hydrogen-bond acceptors (Lipinski definition) is 3. The van der Waals surface area contributed by atoms with E-state index in [2.05, 4.69) is 11.7 Å². The minimum Gasteiger partial charge on any atom is -0.467 e. The van der Waals surface area contributed by atoms with Gasteiger partial charge in [0.1, 0.15) is 5.54 Å². The standard InChI is InChI=1S/C12H17NO2/c1-4-9-5-7-10(8-6-9)12(2,13)11(14)15-3/h5-8H,4,13H2,1-3H3. The van der Waals surface area contributed by atoms with Crippen LogP contribution in [0, 0.1) is 0 Å². The van der Waals surface area contributed by atoms with Crippen LogP contribution in [0.2, 0.25) is 0 Å². The zero-order valence-corrected chi connectivity index (χ0v) is 9.41. The molecule has 0 aliphatic rings. The maximum absolute atomic E-state index is 11.4. The Morgan fingerprint density at radius 1 is 1.40 bits per heavy atom. The van der Waals surface area contributed by atoms with Crippen LogP contribution in [0.15, 0.2) is 24.3 Å². The molecular weight excluding hydrogens is 190 g/mol. The summed E-state index contributed by atoms with van der Waals surface area (Å²) in [5, 5.41) is 0. The highest BCUT2D eigenvalue weighted by molar-refractivity contribution is 5.81. The van der Waals surface area contributed by atoms with Gasteiger partial charge in [-0.15, -0.1) is 0 Å². The number of carbonyl (C=O) groups excluding carboxylic acids is 1. The second kappa shape index (κ2) is 4.45. The summed E-state index contributed by atoms with van der Waals surface area (Å²) in [5.74, 6) is -0.424. The Hall–Kier alpha value is -1.35. The fourth-order valence-electron chi connectivity index (χ4n) is 1.42. The first kappa shape index (κ1) is 11.7. The summed E-state index contributed by atoms with van der Waals surface area (Å²) in [5.41, 5.74) is 6.83. The van der Waals surface area contributed by atoms with Crippen LogP contribution in [0.4, 0.5) is 0 Å². The van der Waals surface area contributed by atoms with Crippen molar-refractivity contribution in [3.05, 3.63) is 35.4 Å². The molecule has 0 aliphatic heterocycles. The molecule has 82 valence electrons. The first-order valence-electron chi connectivity index (χ1n) is 4.99. The number of ether oxygens (including phenoxy) is 1. The SMILES string of the molecule is CCc1ccc(C(C)(N)C(=O)OC)cc1. The second-order valence-electron chi connectivity index (χ2n) is 3.74. The predicted molar refractivity (Wildman–Crippen MR) is 59.4 cm³/mol. The van der Waals surface area contributed by atoms with E-state index in [-0.39, 0.29) is 0 Å². The molecule has 0 bridgehead atoms. The summed E-state index contributed by atoms with van der Waals surface area (Å²) < 4.78 is 4.66. The number of carbonyl (C=O) groups is 1. The van der Waals surface area contributed by atoms with E-state index in [0.717, 1.165) is 12.0 Å². The third kappa shape index (κ3) is 2.36. The number of nitrogens with two attached hydrogens (primary N) is 1. The lowest BCUT2D eigenvalue weighted by Gasteiger charge is -2.22. The van der Waals surface area contributed by atoms with E-state index in [1.165, 1.54) is 12.7 Å². The Bertz CT molecular complexity index is 341. The maximum Gasteiger partial charge on any atom is 0.330 e. The normalized spacial score (nSPS) is 14.4. The highest BCUT2D eigenvalue weighted by Crippen LogP contribution is 2.19. The third-order valence-electron chi connectivity index (χ3n) is 2.57. The lowest BCUT2D eigenvalue weighted by Crippen LogP contribution is -2.42. The molecule has 1 atom stereocenters. The molecule has 0 aliphatic carbocycles. The average molecular weight is 207 g/mol. The summed E-state index contributed by atoms with van der Waals surface area (Å²) in [6.07, 6.45) is 0.972. The van der Waals surface area contributed by atoms with Crippen molar-refractivity contribution < 1.29 is 9.53 Å². The lowest BCUT2D eigenvalue weighted by atomic mass is 9.92. The molecule has 0 spiro atoms. The van der Waals surface area contributed by atoms with Crippen molar-refractivity contribution >= 4 is 5.97 Å². The van der Waals surface area contributed by atoms with Gasteiger partial charge in [0.25, 0.3) is 0 Å². The zero-order chi connectivity index (χ0) is 11.5. The van der Waals surface area contributed by atoms with Gasteiger partial charge >= 0.3 is 5.97 Å². The molecule has 0 amide bonds. The van der Waals surface area contributed by atoms with E-state index in [0.29, 0.717) is 0 Å². The fourth-order valence-corrected chi connectivity index (χ4v) is 1.42. The molecule has 1 unspecified atom stereocenters. The molecule has 1 rings (SSSR count). The van der Waals surface area contributed by atoms with Crippen molar-refractivity contribution in [3.63, 3.8) is 0 Å². The maximum atomic E-state index is 11.4. The van der Waals surface area contributed by atoms with Crippen LogP contribution in [0.25, 0.3) is 0 Å². The van der Waals surface area contributed by atoms with Crippen LogP contribution in [0.1, 0.15) is 25.0 Å². The first-order chi connectivity index (χ1) is 7.02. The monoisotopic (exact) mass is 207 g/mol. The molecular formula is C12H17NO2. The fraction of sp³-hybridized carbons (Fsp3) is 0.417. The largest absolute Gasteiger partial charge is 0.467 e. The smallest absolute Gasteiger partial charge is 0.330 e. The van der Waals surface area contributed by atoms with Gasteiger partial charge in [0.05, 0.1) is 7.11 Å². The van der Waals surface area contributed by atoms with Crippen LogP contribution in [-0.4, -0.2) is 13.1 Å². The van der Waals surface area contributed by atoms with Crippen molar-refractivity contribution in [2.45, 2.75) is 25.8 Å². The third-order valence-corrected chi connectivity index (χ3v) is 2.57. The van der Waals surface area contributed by atoms with Gasteiger partial charge in [-0.25, -0.2) is 4.79 Å². The van der Waals surface area contributed by atoms with Gasteiger partial charge in [0.2, 0.25) is 0 Å². The van der Waals surface area contributed by atoms with Gasteiger partial charge in [0, 0.05) is 0 Å². The number of aryl methyl sites for hydroxylation is 1. The van der Waals surface area contributed by atoms with E-state index in [1.54, 1.807) is 6.92 Å². The van der Waals surface area contributed by atoms with Crippen molar-refractivity contribution in [1.29, 1.82) is 0 Å². The minimum absolute atomic E-state index is 0.424. The highest BCUT2D eigenvalue weighted by Gasteiger charge is 2.31. The van der Waals surface area contributed by atoms with Crippen LogP contribution in [0.3, 0.4) is 0 Å². The molecule has 1 aromatic carbocycles. The van der Waals surface area contributed by atoms with E-state index in [1.807, 2.05) is 24.3 Å². The molecule has 0 heterocycles. The van der Waals surface area contributed by atoms with E-state index >= 15 is 0 Å². The van der Waals surface area contributed by atoms with E-state index in [9.17, 15) is 4.79 Å². The molecule has 0 aromatic heterocycles. The van der Waals surface area contributed by atoms with Crippen molar-refractivity contribution in [1.82, 2.24) is 0 Å². The molecule has 15 heavy (non-hydrogen) atoms. The molecule has 1 aromatic rings. The van der Waals surface area contributed by atoms with Crippen LogP contribution in [-0.2, 0) is 21.5 Å². The van der Waals surface area contributed by atoms with Gasteiger partial charge in [-0.1, -0.05) is 31.2 Å². The first-order valence-corrected chi connectivity index (χ1v) is 4.99. The molecule has 0 saturated carbocycles. The van der Waals surface area contributed by atoms with Gasteiger partial charge in [0.15, 0.2) is 0 Å². The number of benzene rings is 1. The van der Waals surface area contributed by atoms with E-state index < -0.39 is 11.5 Å². The summed E-state index contributed by atoms with van der Waals surface area (Å²) in [6, 6.07) is 7.69. The van der Waals surface area contributed by atoms with E-state index in [4.69, 9.17) is 5.73 Å². The van der Waals surface area contributed by atoms with Crippen LogP contribution < -0.4 is 5.73 Å². The molecule has 0 radical (unpaired) electrons. The molecule has 3 heteroatoms. The van der Waals surface area contributed by atoms with Crippen molar-refractivity contribution in [2.24, 2.45) is 5.73 Å². The summed E-state index contributed by atoms with van der Waals surface area (Å²) in [7, 11) is 1.34. The number of hydrogen-bond donors (Lipinski definition) is 1. The van der Waals surface area contributed by atoms with Gasteiger partial charge in [-0.05, 0) is 24.5 Å². The average Bonchev–Trinajstić information content (AvgIpc) is 2.28. The summed E-state index contributed by atoms with van der Waals surface area (Å²) >= 11 is 0. The Morgan fingerprint density at radius 3 is 2.33 bits per heavy atom. The number of rotatable bonds is 3. The molecule has 2 N–H and O–H groups in total. The van der Waals surface area contributed by atoms with Gasteiger partial charge < -0.3 is 10.5 Å². The topological polar surface area (TPSA) is 52.3 Å². The molecule has 0 saturated heterocycles. The van der Waals surface area contributed by atoms with Crippen LogP contribution in [0.5, 0.6) is 0 Å².